The second-order valence-corrected chi connectivity index (χ2v) is 5.10. The van der Waals surface area contributed by atoms with Crippen LogP contribution in [-0.2, 0) is 29.7 Å². The number of aliphatic hydroxyl groups is 1. The van der Waals surface area contributed by atoms with E-state index in [9.17, 15) is 0 Å². The van der Waals surface area contributed by atoms with Gasteiger partial charge < -0.3 is 23.2 Å². The van der Waals surface area contributed by atoms with Crippen molar-refractivity contribution >= 4 is 17.2 Å². The summed E-state index contributed by atoms with van der Waals surface area (Å²) < 4.78 is 2.11. The van der Waals surface area contributed by atoms with Crippen LogP contribution < -0.4 is 22.7 Å². The molecule has 2 heterocycles. The molecule has 0 saturated carbocycles. The largest absolute Gasteiger partial charge is 2.00 e. The average Bonchev–Trinajstić information content (AvgIpc) is 2.66. The molecule has 0 atom stereocenters. The standard InChI is InChI=1S/C12H17N4OS.ClH.Co/c1-8-11(3-4-17)18-7-16(8)6-10-5-14-9(2)15-12(10)13;;/h5,7,17H,3-4,6H2,1-2H3,(H2,13,14,15);1H;/q+1;;+2/p-1. The van der Waals surface area contributed by atoms with Crippen LogP contribution in [0.4, 0.5) is 5.82 Å². The van der Waals surface area contributed by atoms with Crippen LogP contribution in [0.5, 0.6) is 0 Å². The monoisotopic (exact) mass is 359 g/mol. The zero-order valence-corrected chi connectivity index (χ0v) is 13.9. The molecule has 0 fully saturated rings. The van der Waals surface area contributed by atoms with Crippen molar-refractivity contribution in [3.8, 4) is 0 Å². The average molecular weight is 360 g/mol. The quantitative estimate of drug-likeness (QED) is 0.597. The van der Waals surface area contributed by atoms with Gasteiger partial charge in [0.1, 0.15) is 11.6 Å². The summed E-state index contributed by atoms with van der Waals surface area (Å²) >= 11 is 1.65. The molecule has 3 N–H and O–H groups in total. The van der Waals surface area contributed by atoms with Crippen LogP contribution in [0.15, 0.2) is 11.7 Å². The number of nitrogen functional groups attached to an aromatic ring is 1. The predicted octanol–water partition coefficient (Wildman–Crippen LogP) is -2.39. The van der Waals surface area contributed by atoms with Gasteiger partial charge in [0.2, 0.25) is 5.51 Å². The molecule has 0 aliphatic rings. The van der Waals surface area contributed by atoms with Crippen LogP contribution in [-0.4, -0.2) is 21.7 Å². The fraction of sp³-hybridized carbons (Fsp3) is 0.417. The number of aryl methyl sites for hydroxylation is 1. The molecule has 111 valence electrons. The fourth-order valence-corrected chi connectivity index (χ4v) is 2.75. The molecule has 5 nitrogen and oxygen atoms in total. The third-order valence-corrected chi connectivity index (χ3v) is 4.00. The summed E-state index contributed by atoms with van der Waals surface area (Å²) in [7, 11) is 0. The van der Waals surface area contributed by atoms with Crippen LogP contribution in [0.25, 0.3) is 0 Å². The van der Waals surface area contributed by atoms with Crippen molar-refractivity contribution in [1.82, 2.24) is 9.97 Å². The Balaban J connectivity index is 0.00000180. The van der Waals surface area contributed by atoms with Crippen molar-refractivity contribution in [2.75, 3.05) is 12.3 Å². The molecular weight excluding hydrogens is 343 g/mol. The van der Waals surface area contributed by atoms with Gasteiger partial charge in [-0.1, -0.05) is 11.3 Å². The molecule has 2 aromatic heterocycles. The minimum atomic E-state index is 0. The van der Waals surface area contributed by atoms with Crippen LogP contribution in [0.3, 0.4) is 0 Å². The molecular formula is C12H17ClCoN4OS+2. The van der Waals surface area contributed by atoms with Crippen LogP contribution in [0.1, 0.15) is 22.0 Å². The number of aliphatic hydroxyl groups excluding tert-OH is 1. The summed E-state index contributed by atoms with van der Waals surface area (Å²) in [6.07, 6.45) is 2.47. The molecule has 0 saturated heterocycles. The van der Waals surface area contributed by atoms with Gasteiger partial charge in [0, 0.05) is 26.1 Å². The van der Waals surface area contributed by atoms with E-state index in [1.807, 2.05) is 19.4 Å². The Bertz CT molecular complexity index is 564. The Morgan fingerprint density at radius 3 is 2.70 bits per heavy atom. The van der Waals surface area contributed by atoms with E-state index < -0.39 is 0 Å². The van der Waals surface area contributed by atoms with Gasteiger partial charge in [0.25, 0.3) is 0 Å². The maximum absolute atomic E-state index is 8.98. The van der Waals surface area contributed by atoms with E-state index in [-0.39, 0.29) is 35.8 Å². The van der Waals surface area contributed by atoms with Crippen molar-refractivity contribution in [2.45, 2.75) is 26.8 Å². The molecule has 20 heavy (non-hydrogen) atoms. The van der Waals surface area contributed by atoms with Gasteiger partial charge in [-0.05, 0) is 6.92 Å². The van der Waals surface area contributed by atoms with Crippen molar-refractivity contribution in [2.24, 2.45) is 0 Å². The van der Waals surface area contributed by atoms with Gasteiger partial charge in [-0.2, -0.15) is 4.57 Å². The maximum atomic E-state index is 8.98. The summed E-state index contributed by atoms with van der Waals surface area (Å²) in [5.41, 5.74) is 10.0. The molecule has 0 aromatic carbocycles. The molecule has 8 heteroatoms. The number of nitrogens with zero attached hydrogens (tertiary/aromatic N) is 3. The zero-order valence-electron chi connectivity index (χ0n) is 11.3. The number of halogens is 1. The molecule has 0 aliphatic carbocycles. The van der Waals surface area contributed by atoms with Crippen LogP contribution >= 0.6 is 11.3 Å². The van der Waals surface area contributed by atoms with Gasteiger partial charge in [-0.15, -0.1) is 0 Å². The first-order valence-electron chi connectivity index (χ1n) is 5.77. The molecule has 2 rings (SSSR count). The molecule has 0 aliphatic heterocycles. The summed E-state index contributed by atoms with van der Waals surface area (Å²) in [5, 5.41) is 8.98. The zero-order chi connectivity index (χ0) is 13.1. The third kappa shape index (κ3) is 4.39. The van der Waals surface area contributed by atoms with Gasteiger partial charge in [0.05, 0.1) is 10.4 Å². The number of rotatable bonds is 4. The first-order valence-corrected chi connectivity index (χ1v) is 6.65. The van der Waals surface area contributed by atoms with Crippen LogP contribution in [0, 0.1) is 13.8 Å². The van der Waals surface area contributed by atoms with Gasteiger partial charge >= 0.3 is 16.8 Å². The van der Waals surface area contributed by atoms with Crippen LogP contribution in [0.2, 0.25) is 0 Å². The molecule has 0 bridgehead atoms. The molecule has 1 radical (unpaired) electrons. The van der Waals surface area contributed by atoms with E-state index in [0.717, 1.165) is 11.3 Å². The Hall–Kier alpha value is -0.734. The number of hydrogen-bond donors (Lipinski definition) is 2. The van der Waals surface area contributed by atoms with E-state index in [1.54, 1.807) is 17.5 Å². The van der Waals surface area contributed by atoms with E-state index in [0.29, 0.717) is 24.6 Å². The van der Waals surface area contributed by atoms with E-state index in [1.165, 1.54) is 4.88 Å². The number of aromatic nitrogens is 3. The SMILES string of the molecule is Cc1ncc(C[n+]2csc(CCO)c2C)c(N)n1.[Cl-].[Co+2]. The van der Waals surface area contributed by atoms with Crippen molar-refractivity contribution in [3.05, 3.63) is 33.7 Å². The number of nitrogens with two attached hydrogens (primary N) is 1. The van der Waals surface area contributed by atoms with Crippen molar-refractivity contribution < 1.29 is 38.9 Å². The second-order valence-electron chi connectivity index (χ2n) is 4.16. The minimum absolute atomic E-state index is 0. The Labute approximate surface area is 138 Å². The number of anilines is 1. The number of thiazole rings is 1. The van der Waals surface area contributed by atoms with Gasteiger partial charge in [-0.3, -0.25) is 0 Å². The van der Waals surface area contributed by atoms with Gasteiger partial charge in [0.15, 0.2) is 12.2 Å². The molecule has 0 amide bonds. The first kappa shape index (κ1) is 19.3. The fourth-order valence-electron chi connectivity index (χ4n) is 1.77. The Morgan fingerprint density at radius 2 is 2.10 bits per heavy atom. The second kappa shape index (κ2) is 8.53. The molecule has 2 aromatic rings. The third-order valence-electron chi connectivity index (χ3n) is 2.85. The van der Waals surface area contributed by atoms with E-state index >= 15 is 0 Å². The first-order chi connectivity index (χ1) is 8.61. The topological polar surface area (TPSA) is 75.9 Å². The summed E-state index contributed by atoms with van der Waals surface area (Å²) in [5.74, 6) is 1.22. The summed E-state index contributed by atoms with van der Waals surface area (Å²) in [4.78, 5) is 9.53. The maximum Gasteiger partial charge on any atom is 2.00 e. The van der Waals surface area contributed by atoms with E-state index in [4.69, 9.17) is 10.8 Å². The number of hydrogen-bond acceptors (Lipinski definition) is 5. The predicted molar refractivity (Wildman–Crippen MR) is 70.3 cm³/mol. The van der Waals surface area contributed by atoms with E-state index in [2.05, 4.69) is 14.5 Å². The summed E-state index contributed by atoms with van der Waals surface area (Å²) in [6.45, 7) is 4.71. The Morgan fingerprint density at radius 1 is 1.40 bits per heavy atom. The normalized spacial score (nSPS) is 9.75. The van der Waals surface area contributed by atoms with Crippen molar-refractivity contribution in [1.29, 1.82) is 0 Å². The molecule has 0 spiro atoms. The van der Waals surface area contributed by atoms with Crippen molar-refractivity contribution in [3.63, 3.8) is 0 Å². The van der Waals surface area contributed by atoms with Gasteiger partial charge in [-0.25, -0.2) is 9.97 Å². The smallest absolute Gasteiger partial charge is 1.00 e. The minimum Gasteiger partial charge on any atom is -1.00 e. The molecule has 0 unspecified atom stereocenters. The summed E-state index contributed by atoms with van der Waals surface area (Å²) in [6, 6.07) is 0. The Kier molecular flexibility index (Phi) is 8.22.